The molecule has 0 atom stereocenters. The van der Waals surface area contributed by atoms with Gasteiger partial charge in [-0.05, 0) is 30.5 Å². The maximum atomic E-state index is 4.22. The standard InChI is InChI=1S/C9H11BrN2/c1-7(10)6-9(3)12-5-4-8(2)11-12/h4-6H,3H2,1-2H3. The fraction of sp³-hybridized carbons (Fsp3) is 0.222. The van der Waals surface area contributed by atoms with Crippen molar-refractivity contribution in [2.45, 2.75) is 13.8 Å². The van der Waals surface area contributed by atoms with Gasteiger partial charge in [0.15, 0.2) is 0 Å². The number of aryl methyl sites for hydroxylation is 1. The van der Waals surface area contributed by atoms with Gasteiger partial charge in [0.1, 0.15) is 0 Å². The molecule has 0 aromatic carbocycles. The van der Waals surface area contributed by atoms with Gasteiger partial charge in [-0.15, -0.1) is 0 Å². The molecule has 64 valence electrons. The molecular weight excluding hydrogens is 216 g/mol. The smallest absolute Gasteiger partial charge is 0.0598 e. The average molecular weight is 227 g/mol. The molecule has 0 aliphatic heterocycles. The zero-order chi connectivity index (χ0) is 9.14. The largest absolute Gasteiger partial charge is 0.241 e. The van der Waals surface area contributed by atoms with Crippen molar-refractivity contribution in [1.82, 2.24) is 9.78 Å². The molecule has 0 bridgehead atoms. The Morgan fingerprint density at radius 2 is 2.42 bits per heavy atom. The van der Waals surface area contributed by atoms with Crippen molar-refractivity contribution < 1.29 is 0 Å². The lowest BCUT2D eigenvalue weighted by molar-refractivity contribution is 0.891. The van der Waals surface area contributed by atoms with Gasteiger partial charge >= 0.3 is 0 Å². The monoisotopic (exact) mass is 226 g/mol. The summed E-state index contributed by atoms with van der Waals surface area (Å²) >= 11 is 3.34. The molecule has 1 rings (SSSR count). The summed E-state index contributed by atoms with van der Waals surface area (Å²) in [5, 5.41) is 4.22. The first-order valence-electron chi connectivity index (χ1n) is 3.65. The predicted molar refractivity (Wildman–Crippen MR) is 55.0 cm³/mol. The quantitative estimate of drug-likeness (QED) is 0.710. The van der Waals surface area contributed by atoms with Crippen molar-refractivity contribution in [2.24, 2.45) is 0 Å². The molecule has 0 saturated carbocycles. The van der Waals surface area contributed by atoms with Crippen LogP contribution >= 0.6 is 15.9 Å². The van der Waals surface area contributed by atoms with Crippen LogP contribution in [0.4, 0.5) is 0 Å². The van der Waals surface area contributed by atoms with Crippen LogP contribution in [-0.4, -0.2) is 9.78 Å². The Bertz CT molecular complexity index is 319. The number of aromatic nitrogens is 2. The predicted octanol–water partition coefficient (Wildman–Crippen LogP) is 2.96. The SMILES string of the molecule is C=C(C=C(C)Br)n1ccc(C)n1. The molecule has 1 heterocycles. The molecule has 0 amide bonds. The van der Waals surface area contributed by atoms with Gasteiger partial charge in [-0.1, -0.05) is 22.5 Å². The van der Waals surface area contributed by atoms with Gasteiger partial charge in [-0.3, -0.25) is 0 Å². The van der Waals surface area contributed by atoms with E-state index in [4.69, 9.17) is 0 Å². The Balaban J connectivity index is 2.86. The number of hydrogen-bond donors (Lipinski definition) is 0. The van der Waals surface area contributed by atoms with E-state index in [2.05, 4.69) is 27.6 Å². The molecular formula is C9H11BrN2. The van der Waals surface area contributed by atoms with Crippen molar-refractivity contribution in [1.29, 1.82) is 0 Å². The van der Waals surface area contributed by atoms with Crippen molar-refractivity contribution in [3.8, 4) is 0 Å². The van der Waals surface area contributed by atoms with Crippen LogP contribution in [0.3, 0.4) is 0 Å². The molecule has 1 aromatic heterocycles. The zero-order valence-corrected chi connectivity index (χ0v) is 8.80. The van der Waals surface area contributed by atoms with Crippen LogP contribution in [0, 0.1) is 6.92 Å². The normalized spacial score (nSPS) is 11.8. The molecule has 0 aliphatic carbocycles. The Labute approximate surface area is 80.7 Å². The summed E-state index contributed by atoms with van der Waals surface area (Å²) in [6.07, 6.45) is 3.82. The molecule has 0 fully saturated rings. The molecule has 1 aromatic rings. The van der Waals surface area contributed by atoms with Gasteiger partial charge in [0, 0.05) is 6.20 Å². The third-order valence-corrected chi connectivity index (χ3v) is 1.61. The second-order valence-electron chi connectivity index (χ2n) is 2.62. The Hall–Kier alpha value is -0.830. The minimum absolute atomic E-state index is 0.859. The maximum absolute atomic E-state index is 4.22. The van der Waals surface area contributed by atoms with E-state index in [0.717, 1.165) is 15.9 Å². The summed E-state index contributed by atoms with van der Waals surface area (Å²) in [5.41, 5.74) is 1.86. The van der Waals surface area contributed by atoms with Gasteiger partial charge < -0.3 is 0 Å². The minimum atomic E-state index is 0.859. The van der Waals surface area contributed by atoms with Gasteiger partial charge in [0.25, 0.3) is 0 Å². The highest BCUT2D eigenvalue weighted by Crippen LogP contribution is 2.10. The lowest BCUT2D eigenvalue weighted by Crippen LogP contribution is -1.93. The van der Waals surface area contributed by atoms with Crippen molar-refractivity contribution in [2.75, 3.05) is 0 Å². The van der Waals surface area contributed by atoms with Crippen LogP contribution in [0.5, 0.6) is 0 Å². The van der Waals surface area contributed by atoms with Crippen LogP contribution in [-0.2, 0) is 0 Å². The summed E-state index contributed by atoms with van der Waals surface area (Å²) in [6, 6.07) is 1.95. The van der Waals surface area contributed by atoms with Crippen molar-refractivity contribution in [3.63, 3.8) is 0 Å². The number of hydrogen-bond acceptors (Lipinski definition) is 1. The van der Waals surface area contributed by atoms with E-state index in [-0.39, 0.29) is 0 Å². The highest BCUT2D eigenvalue weighted by molar-refractivity contribution is 9.11. The number of halogens is 1. The van der Waals surface area contributed by atoms with Gasteiger partial charge in [-0.25, -0.2) is 4.68 Å². The minimum Gasteiger partial charge on any atom is -0.241 e. The highest BCUT2D eigenvalue weighted by atomic mass is 79.9. The first-order valence-corrected chi connectivity index (χ1v) is 4.44. The lowest BCUT2D eigenvalue weighted by atomic mass is 10.4. The lowest BCUT2D eigenvalue weighted by Gasteiger charge is -1.98. The summed E-state index contributed by atoms with van der Waals surface area (Å²) in [4.78, 5) is 0. The second kappa shape index (κ2) is 3.72. The van der Waals surface area contributed by atoms with E-state index < -0.39 is 0 Å². The molecule has 12 heavy (non-hydrogen) atoms. The van der Waals surface area contributed by atoms with Crippen LogP contribution < -0.4 is 0 Å². The van der Waals surface area contributed by atoms with Crippen LogP contribution in [0.1, 0.15) is 12.6 Å². The summed E-state index contributed by atoms with van der Waals surface area (Å²) in [6.45, 7) is 7.79. The van der Waals surface area contributed by atoms with Crippen molar-refractivity contribution in [3.05, 3.63) is 35.1 Å². The molecule has 0 radical (unpaired) electrons. The fourth-order valence-electron chi connectivity index (χ4n) is 0.871. The van der Waals surface area contributed by atoms with E-state index in [1.807, 2.05) is 32.2 Å². The Morgan fingerprint density at radius 1 is 1.75 bits per heavy atom. The number of nitrogens with zero attached hydrogens (tertiary/aromatic N) is 2. The maximum Gasteiger partial charge on any atom is 0.0598 e. The Kier molecular flexibility index (Phi) is 2.87. The third kappa shape index (κ3) is 2.34. The molecule has 2 nitrogen and oxygen atoms in total. The number of rotatable bonds is 2. The van der Waals surface area contributed by atoms with Crippen LogP contribution in [0.2, 0.25) is 0 Å². The van der Waals surface area contributed by atoms with Gasteiger partial charge in [0.2, 0.25) is 0 Å². The van der Waals surface area contributed by atoms with Crippen molar-refractivity contribution >= 4 is 21.6 Å². The fourth-order valence-corrected chi connectivity index (χ4v) is 1.13. The molecule has 0 unspecified atom stereocenters. The molecule has 3 heteroatoms. The van der Waals surface area contributed by atoms with E-state index in [0.29, 0.717) is 0 Å². The van der Waals surface area contributed by atoms with Crippen LogP contribution in [0.15, 0.2) is 29.4 Å². The Morgan fingerprint density at radius 3 is 2.83 bits per heavy atom. The average Bonchev–Trinajstić information content (AvgIpc) is 2.34. The van der Waals surface area contributed by atoms with E-state index in [1.165, 1.54) is 0 Å². The molecule has 0 saturated heterocycles. The zero-order valence-electron chi connectivity index (χ0n) is 7.21. The van der Waals surface area contributed by atoms with Crippen LogP contribution in [0.25, 0.3) is 5.70 Å². The van der Waals surface area contributed by atoms with E-state index in [1.54, 1.807) is 4.68 Å². The van der Waals surface area contributed by atoms with E-state index >= 15 is 0 Å². The summed E-state index contributed by atoms with van der Waals surface area (Å²) in [5.74, 6) is 0. The second-order valence-corrected chi connectivity index (χ2v) is 3.87. The van der Waals surface area contributed by atoms with E-state index in [9.17, 15) is 0 Å². The topological polar surface area (TPSA) is 17.8 Å². The summed E-state index contributed by atoms with van der Waals surface area (Å²) in [7, 11) is 0. The van der Waals surface area contributed by atoms with Gasteiger partial charge in [0.05, 0.1) is 11.4 Å². The molecule has 0 spiro atoms. The number of allylic oxidation sites excluding steroid dienone is 3. The highest BCUT2D eigenvalue weighted by Gasteiger charge is 1.95. The first-order chi connectivity index (χ1) is 5.59. The summed E-state index contributed by atoms with van der Waals surface area (Å²) < 4.78 is 2.79. The molecule has 0 N–H and O–H groups in total. The van der Waals surface area contributed by atoms with Gasteiger partial charge in [-0.2, -0.15) is 5.10 Å². The molecule has 0 aliphatic rings. The first kappa shape index (κ1) is 9.26. The third-order valence-electron chi connectivity index (χ3n) is 1.38.